The number of aliphatic carboxylic acids is 1. The molecule has 0 saturated carbocycles. The van der Waals surface area contributed by atoms with Crippen molar-refractivity contribution in [3.63, 3.8) is 0 Å². The Hall–Kier alpha value is -0.870. The Morgan fingerprint density at radius 2 is 2.12 bits per heavy atom. The number of hydrogen-bond acceptors (Lipinski definition) is 2. The van der Waals surface area contributed by atoms with Gasteiger partial charge >= 0.3 is 5.97 Å². The van der Waals surface area contributed by atoms with Crippen LogP contribution in [-0.2, 0) is 4.79 Å². The summed E-state index contributed by atoms with van der Waals surface area (Å²) in [4.78, 5) is 11.3. The largest absolute Gasteiger partial charge is 0.480 e. The Bertz CT molecular complexity index is 404. The summed E-state index contributed by atoms with van der Waals surface area (Å²) in [6.45, 7) is 6.76. The lowest BCUT2D eigenvalue weighted by Gasteiger charge is -2.18. The number of hydrogen-bond donors (Lipinski definition) is 2. The van der Waals surface area contributed by atoms with Crippen molar-refractivity contribution in [1.82, 2.24) is 5.32 Å². The first-order chi connectivity index (χ1) is 7.91. The number of rotatable bonds is 5. The van der Waals surface area contributed by atoms with Gasteiger partial charge in [0.25, 0.3) is 0 Å². The molecule has 1 rings (SSSR count). The summed E-state index contributed by atoms with van der Waals surface area (Å²) in [6.07, 6.45) is 0. The van der Waals surface area contributed by atoms with E-state index in [0.29, 0.717) is 12.5 Å². The van der Waals surface area contributed by atoms with Crippen LogP contribution in [0.1, 0.15) is 31.0 Å². The van der Waals surface area contributed by atoms with Crippen LogP contribution >= 0.6 is 15.9 Å². The van der Waals surface area contributed by atoms with Gasteiger partial charge in [-0.2, -0.15) is 0 Å². The molecule has 0 radical (unpaired) electrons. The molecule has 0 amide bonds. The van der Waals surface area contributed by atoms with Gasteiger partial charge in [0.15, 0.2) is 0 Å². The molecule has 17 heavy (non-hydrogen) atoms. The Balaban J connectivity index is 2.93. The van der Waals surface area contributed by atoms with Crippen molar-refractivity contribution in [2.45, 2.75) is 26.8 Å². The first-order valence-corrected chi connectivity index (χ1v) is 6.43. The van der Waals surface area contributed by atoms with Crippen molar-refractivity contribution in [2.75, 3.05) is 6.54 Å². The standard InChI is InChI=1S/C13H18BrNO2/c1-8(2)7-15-12(13(16)17)10-5-4-9(3)6-11(10)14/h4-6,8,12,15H,7H2,1-3H3,(H,16,17). The molecule has 1 unspecified atom stereocenters. The van der Waals surface area contributed by atoms with Crippen molar-refractivity contribution < 1.29 is 9.90 Å². The van der Waals surface area contributed by atoms with Crippen LogP contribution in [0.2, 0.25) is 0 Å². The Labute approximate surface area is 110 Å². The number of halogens is 1. The number of benzene rings is 1. The van der Waals surface area contributed by atoms with Gasteiger partial charge in [-0.05, 0) is 36.6 Å². The zero-order chi connectivity index (χ0) is 13.0. The maximum atomic E-state index is 11.3. The average molecular weight is 300 g/mol. The van der Waals surface area contributed by atoms with Crippen LogP contribution < -0.4 is 5.32 Å². The molecular formula is C13H18BrNO2. The number of nitrogens with one attached hydrogen (secondary N) is 1. The molecule has 0 saturated heterocycles. The summed E-state index contributed by atoms with van der Waals surface area (Å²) < 4.78 is 0.834. The van der Waals surface area contributed by atoms with E-state index in [0.717, 1.165) is 15.6 Å². The molecule has 0 aliphatic rings. The van der Waals surface area contributed by atoms with Crippen molar-refractivity contribution in [1.29, 1.82) is 0 Å². The molecule has 2 N–H and O–H groups in total. The van der Waals surface area contributed by atoms with Gasteiger partial charge < -0.3 is 10.4 Å². The molecule has 94 valence electrons. The topological polar surface area (TPSA) is 49.3 Å². The van der Waals surface area contributed by atoms with E-state index in [1.54, 1.807) is 0 Å². The molecule has 1 aromatic rings. The van der Waals surface area contributed by atoms with Crippen LogP contribution in [0, 0.1) is 12.8 Å². The Morgan fingerprint density at radius 3 is 2.59 bits per heavy atom. The van der Waals surface area contributed by atoms with Gasteiger partial charge in [0.2, 0.25) is 0 Å². The van der Waals surface area contributed by atoms with Crippen LogP contribution in [0.5, 0.6) is 0 Å². The lowest BCUT2D eigenvalue weighted by molar-refractivity contribution is -0.139. The molecule has 1 aromatic carbocycles. The monoisotopic (exact) mass is 299 g/mol. The van der Waals surface area contributed by atoms with Gasteiger partial charge in [0.1, 0.15) is 6.04 Å². The molecule has 3 nitrogen and oxygen atoms in total. The summed E-state index contributed by atoms with van der Waals surface area (Å²) in [7, 11) is 0. The maximum absolute atomic E-state index is 11.3. The van der Waals surface area contributed by atoms with Crippen LogP contribution in [0.4, 0.5) is 0 Å². The van der Waals surface area contributed by atoms with Crippen molar-refractivity contribution in [3.8, 4) is 0 Å². The van der Waals surface area contributed by atoms with Crippen molar-refractivity contribution in [2.24, 2.45) is 5.92 Å². The predicted octanol–water partition coefficient (Wildman–Crippen LogP) is 3.13. The summed E-state index contributed by atoms with van der Waals surface area (Å²) in [6, 6.07) is 5.05. The molecular weight excluding hydrogens is 282 g/mol. The van der Waals surface area contributed by atoms with Gasteiger partial charge in [-0.3, -0.25) is 4.79 Å². The van der Waals surface area contributed by atoms with E-state index in [1.165, 1.54) is 0 Å². The number of aryl methyl sites for hydroxylation is 1. The first kappa shape index (κ1) is 14.2. The second kappa shape index (κ2) is 6.17. The zero-order valence-electron chi connectivity index (χ0n) is 10.3. The molecule has 0 heterocycles. The smallest absolute Gasteiger partial charge is 0.325 e. The molecule has 0 fully saturated rings. The van der Waals surface area contributed by atoms with Gasteiger partial charge in [0, 0.05) is 4.47 Å². The second-order valence-corrected chi connectivity index (χ2v) is 5.45. The fourth-order valence-electron chi connectivity index (χ4n) is 1.55. The number of carboxylic acid groups (broad SMARTS) is 1. The molecule has 0 aliphatic heterocycles. The van der Waals surface area contributed by atoms with Crippen LogP contribution in [0.25, 0.3) is 0 Å². The van der Waals surface area contributed by atoms with Crippen LogP contribution in [-0.4, -0.2) is 17.6 Å². The Kier molecular flexibility index (Phi) is 5.15. The fourth-order valence-corrected chi connectivity index (χ4v) is 2.27. The molecule has 0 aromatic heterocycles. The predicted molar refractivity (Wildman–Crippen MR) is 72.1 cm³/mol. The molecule has 4 heteroatoms. The maximum Gasteiger partial charge on any atom is 0.325 e. The van der Waals surface area contributed by atoms with Gasteiger partial charge in [-0.15, -0.1) is 0 Å². The van der Waals surface area contributed by atoms with Gasteiger partial charge in [-0.1, -0.05) is 41.9 Å². The van der Waals surface area contributed by atoms with Gasteiger partial charge in [-0.25, -0.2) is 0 Å². The highest BCUT2D eigenvalue weighted by Crippen LogP contribution is 2.25. The van der Waals surface area contributed by atoms with Gasteiger partial charge in [0.05, 0.1) is 0 Å². The molecule has 1 atom stereocenters. The molecule has 0 aliphatic carbocycles. The normalized spacial score (nSPS) is 12.8. The van der Waals surface area contributed by atoms with E-state index in [-0.39, 0.29) is 0 Å². The lowest BCUT2D eigenvalue weighted by atomic mass is 10.0. The third kappa shape index (κ3) is 4.13. The average Bonchev–Trinajstić information content (AvgIpc) is 2.20. The van der Waals surface area contributed by atoms with Crippen molar-refractivity contribution >= 4 is 21.9 Å². The highest BCUT2D eigenvalue weighted by Gasteiger charge is 2.21. The first-order valence-electron chi connectivity index (χ1n) is 5.64. The highest BCUT2D eigenvalue weighted by atomic mass is 79.9. The third-order valence-corrected chi connectivity index (χ3v) is 3.13. The van der Waals surface area contributed by atoms with E-state index in [9.17, 15) is 9.90 Å². The fraction of sp³-hybridized carbons (Fsp3) is 0.462. The SMILES string of the molecule is Cc1ccc(C(NCC(C)C)C(=O)O)c(Br)c1. The highest BCUT2D eigenvalue weighted by molar-refractivity contribution is 9.10. The summed E-state index contributed by atoms with van der Waals surface area (Å²) >= 11 is 3.42. The van der Waals surface area contributed by atoms with Crippen LogP contribution in [0.3, 0.4) is 0 Å². The summed E-state index contributed by atoms with van der Waals surface area (Å²) in [5.41, 5.74) is 1.87. The zero-order valence-corrected chi connectivity index (χ0v) is 11.9. The lowest BCUT2D eigenvalue weighted by Crippen LogP contribution is -2.31. The molecule has 0 bridgehead atoms. The minimum Gasteiger partial charge on any atom is -0.480 e. The number of carbonyl (C=O) groups is 1. The van der Waals surface area contributed by atoms with E-state index >= 15 is 0 Å². The minimum absolute atomic E-state index is 0.418. The van der Waals surface area contributed by atoms with E-state index in [1.807, 2.05) is 25.1 Å². The minimum atomic E-state index is -0.852. The molecule has 0 spiro atoms. The summed E-state index contributed by atoms with van der Waals surface area (Å²) in [5.74, 6) is -0.434. The van der Waals surface area contributed by atoms with E-state index < -0.39 is 12.0 Å². The Morgan fingerprint density at radius 1 is 1.47 bits per heavy atom. The second-order valence-electron chi connectivity index (χ2n) is 4.60. The van der Waals surface area contributed by atoms with E-state index in [4.69, 9.17) is 0 Å². The quantitative estimate of drug-likeness (QED) is 0.878. The van der Waals surface area contributed by atoms with Crippen molar-refractivity contribution in [3.05, 3.63) is 33.8 Å². The summed E-state index contributed by atoms with van der Waals surface area (Å²) in [5, 5.41) is 12.3. The number of carboxylic acids is 1. The van der Waals surface area contributed by atoms with E-state index in [2.05, 4.69) is 35.1 Å². The third-order valence-electron chi connectivity index (χ3n) is 2.44. The van der Waals surface area contributed by atoms with Crippen LogP contribution in [0.15, 0.2) is 22.7 Å².